The lowest BCUT2D eigenvalue weighted by atomic mass is 10.0. The lowest BCUT2D eigenvalue weighted by Gasteiger charge is -2.36. The number of hydrogen-bond donors (Lipinski definition) is 0. The van der Waals surface area contributed by atoms with Crippen molar-refractivity contribution >= 4 is 16.8 Å². The molecule has 2 aromatic carbocycles. The van der Waals surface area contributed by atoms with Gasteiger partial charge in [0.15, 0.2) is 0 Å². The van der Waals surface area contributed by atoms with Crippen LogP contribution in [0.4, 0.5) is 0 Å². The summed E-state index contributed by atoms with van der Waals surface area (Å²) in [6.07, 6.45) is 1.45. The maximum Gasteiger partial charge on any atom is 0.261 e. The van der Waals surface area contributed by atoms with Gasteiger partial charge in [-0.25, -0.2) is 4.98 Å². The fourth-order valence-corrected chi connectivity index (χ4v) is 2.92. The fraction of sp³-hybridized carbons (Fsp3) is 0.286. The van der Waals surface area contributed by atoms with Crippen LogP contribution in [0.15, 0.2) is 65.7 Å². The molecule has 0 N–H and O–H groups in total. The second kappa shape index (κ2) is 7.12. The van der Waals surface area contributed by atoms with E-state index in [2.05, 4.69) is 4.98 Å². The second-order valence-electron chi connectivity index (χ2n) is 7.33. The van der Waals surface area contributed by atoms with Gasteiger partial charge in [0.2, 0.25) is 5.91 Å². The predicted octanol–water partition coefficient (Wildman–Crippen LogP) is 3.22. The molecule has 0 fully saturated rings. The highest BCUT2D eigenvalue weighted by molar-refractivity contribution is 5.79. The quantitative estimate of drug-likeness (QED) is 0.727. The van der Waals surface area contributed by atoms with Crippen LogP contribution in [0.2, 0.25) is 0 Å². The number of amides is 1. The number of para-hydroxylation sites is 1. The summed E-state index contributed by atoms with van der Waals surface area (Å²) in [5.74, 6) is -0.111. The molecule has 26 heavy (non-hydrogen) atoms. The average Bonchev–Trinajstić information content (AvgIpc) is 2.62. The summed E-state index contributed by atoms with van der Waals surface area (Å²) in [6, 6.07) is 17.0. The summed E-state index contributed by atoms with van der Waals surface area (Å²) in [4.78, 5) is 31.7. The van der Waals surface area contributed by atoms with Gasteiger partial charge in [-0.15, -0.1) is 0 Å². The van der Waals surface area contributed by atoms with Gasteiger partial charge in [-0.1, -0.05) is 42.5 Å². The fourth-order valence-electron chi connectivity index (χ4n) is 2.92. The van der Waals surface area contributed by atoms with Gasteiger partial charge in [0.05, 0.1) is 17.2 Å². The maximum absolute atomic E-state index is 13.0. The van der Waals surface area contributed by atoms with Crippen LogP contribution in [-0.4, -0.2) is 25.9 Å². The Morgan fingerprint density at radius 1 is 1.04 bits per heavy atom. The molecule has 0 aliphatic heterocycles. The van der Waals surface area contributed by atoms with E-state index >= 15 is 0 Å². The number of benzene rings is 2. The molecule has 1 heterocycles. The highest BCUT2D eigenvalue weighted by atomic mass is 16.2. The Morgan fingerprint density at radius 2 is 1.69 bits per heavy atom. The van der Waals surface area contributed by atoms with E-state index in [1.165, 1.54) is 10.9 Å². The molecule has 0 bridgehead atoms. The zero-order valence-electron chi connectivity index (χ0n) is 15.3. The SMILES string of the molecule is CC(C)(C)N(Cc1ccccc1)C(=O)Cn1cnc2ccccc2c1=O. The van der Waals surface area contributed by atoms with E-state index in [0.717, 1.165) is 5.56 Å². The van der Waals surface area contributed by atoms with Crippen LogP contribution in [0.5, 0.6) is 0 Å². The standard InChI is InChI=1S/C21H23N3O2/c1-21(2,3)24(13-16-9-5-4-6-10-16)19(25)14-23-15-22-18-12-8-7-11-17(18)20(23)26/h4-12,15H,13-14H2,1-3H3. The first-order valence-corrected chi connectivity index (χ1v) is 8.65. The van der Waals surface area contributed by atoms with Crippen molar-refractivity contribution in [3.05, 3.63) is 76.8 Å². The Hall–Kier alpha value is -2.95. The molecule has 0 spiro atoms. The number of fused-ring (bicyclic) bond motifs is 1. The van der Waals surface area contributed by atoms with Crippen molar-refractivity contribution in [1.82, 2.24) is 14.5 Å². The number of hydrogen-bond acceptors (Lipinski definition) is 3. The Morgan fingerprint density at radius 3 is 2.38 bits per heavy atom. The summed E-state index contributed by atoms with van der Waals surface area (Å²) in [7, 11) is 0. The maximum atomic E-state index is 13.0. The Balaban J connectivity index is 1.88. The van der Waals surface area contributed by atoms with Gasteiger partial charge in [0.25, 0.3) is 5.56 Å². The Bertz CT molecular complexity index is 972. The van der Waals surface area contributed by atoms with E-state index in [9.17, 15) is 9.59 Å². The molecule has 3 rings (SSSR count). The zero-order chi connectivity index (χ0) is 18.7. The molecular formula is C21H23N3O2. The van der Waals surface area contributed by atoms with E-state index in [0.29, 0.717) is 17.4 Å². The monoisotopic (exact) mass is 349 g/mol. The summed E-state index contributed by atoms with van der Waals surface area (Å²) in [5, 5.41) is 0.521. The first-order chi connectivity index (χ1) is 12.4. The molecule has 5 nitrogen and oxygen atoms in total. The molecule has 0 atom stereocenters. The molecule has 0 saturated heterocycles. The molecule has 1 amide bonds. The van der Waals surface area contributed by atoms with Crippen molar-refractivity contribution in [2.75, 3.05) is 0 Å². The first kappa shape index (κ1) is 17.9. The molecule has 5 heteroatoms. The Labute approximate surface area is 152 Å². The lowest BCUT2D eigenvalue weighted by Crippen LogP contribution is -2.47. The van der Waals surface area contributed by atoms with Crippen LogP contribution in [0, 0.1) is 0 Å². The highest BCUT2D eigenvalue weighted by Gasteiger charge is 2.27. The van der Waals surface area contributed by atoms with Crippen molar-refractivity contribution < 1.29 is 4.79 Å². The van der Waals surface area contributed by atoms with E-state index in [-0.39, 0.29) is 23.6 Å². The molecular weight excluding hydrogens is 326 g/mol. The summed E-state index contributed by atoms with van der Waals surface area (Å²) in [6.45, 7) is 6.46. The number of rotatable bonds is 4. The summed E-state index contributed by atoms with van der Waals surface area (Å²) in [5.41, 5.74) is 1.14. The van der Waals surface area contributed by atoms with Crippen molar-refractivity contribution in [2.24, 2.45) is 0 Å². The molecule has 0 radical (unpaired) electrons. The topological polar surface area (TPSA) is 55.2 Å². The van der Waals surface area contributed by atoms with Crippen molar-refractivity contribution in [2.45, 2.75) is 39.4 Å². The lowest BCUT2D eigenvalue weighted by molar-refractivity contribution is -0.137. The molecule has 134 valence electrons. The minimum absolute atomic E-state index is 0.0270. The number of carbonyl (C=O) groups is 1. The normalized spacial score (nSPS) is 11.5. The molecule has 0 aliphatic carbocycles. The van der Waals surface area contributed by atoms with Gasteiger partial charge >= 0.3 is 0 Å². The largest absolute Gasteiger partial charge is 0.332 e. The molecule has 0 unspecified atom stereocenters. The zero-order valence-corrected chi connectivity index (χ0v) is 15.3. The van der Waals surface area contributed by atoms with E-state index in [4.69, 9.17) is 0 Å². The van der Waals surface area contributed by atoms with Crippen molar-refractivity contribution in [3.8, 4) is 0 Å². The Kier molecular flexibility index (Phi) is 4.89. The van der Waals surface area contributed by atoms with Gasteiger partial charge < -0.3 is 4.90 Å². The number of carbonyl (C=O) groups excluding carboxylic acids is 1. The van der Waals surface area contributed by atoms with Gasteiger partial charge in [0.1, 0.15) is 6.54 Å². The number of nitrogens with zero attached hydrogens (tertiary/aromatic N) is 3. The van der Waals surface area contributed by atoms with Crippen LogP contribution in [0.25, 0.3) is 10.9 Å². The smallest absolute Gasteiger partial charge is 0.261 e. The molecule has 1 aromatic heterocycles. The third-order valence-corrected chi connectivity index (χ3v) is 4.33. The van der Waals surface area contributed by atoms with E-state index in [1.807, 2.05) is 57.2 Å². The van der Waals surface area contributed by atoms with Crippen molar-refractivity contribution in [1.29, 1.82) is 0 Å². The second-order valence-corrected chi connectivity index (χ2v) is 7.33. The van der Waals surface area contributed by atoms with Crippen LogP contribution in [0.3, 0.4) is 0 Å². The first-order valence-electron chi connectivity index (χ1n) is 8.65. The minimum Gasteiger partial charge on any atom is -0.332 e. The number of aromatic nitrogens is 2. The highest BCUT2D eigenvalue weighted by Crippen LogP contribution is 2.18. The third kappa shape index (κ3) is 3.82. The third-order valence-electron chi connectivity index (χ3n) is 4.33. The van der Waals surface area contributed by atoms with Crippen LogP contribution >= 0.6 is 0 Å². The average molecular weight is 349 g/mol. The van der Waals surface area contributed by atoms with Crippen LogP contribution < -0.4 is 5.56 Å². The van der Waals surface area contributed by atoms with Gasteiger partial charge in [-0.2, -0.15) is 0 Å². The molecule has 0 saturated carbocycles. The minimum atomic E-state index is -0.360. The van der Waals surface area contributed by atoms with Crippen LogP contribution in [-0.2, 0) is 17.9 Å². The molecule has 0 aliphatic rings. The van der Waals surface area contributed by atoms with Crippen LogP contribution in [0.1, 0.15) is 26.3 Å². The summed E-state index contributed by atoms with van der Waals surface area (Å²) >= 11 is 0. The van der Waals surface area contributed by atoms with E-state index < -0.39 is 0 Å². The molecule has 3 aromatic rings. The van der Waals surface area contributed by atoms with Gasteiger partial charge in [0, 0.05) is 12.1 Å². The van der Waals surface area contributed by atoms with Gasteiger partial charge in [-0.3, -0.25) is 14.2 Å². The van der Waals surface area contributed by atoms with Gasteiger partial charge in [-0.05, 0) is 38.5 Å². The summed E-state index contributed by atoms with van der Waals surface area (Å²) < 4.78 is 1.38. The van der Waals surface area contributed by atoms with Crippen molar-refractivity contribution in [3.63, 3.8) is 0 Å². The predicted molar refractivity (Wildman–Crippen MR) is 103 cm³/mol. The van der Waals surface area contributed by atoms with E-state index in [1.54, 1.807) is 23.1 Å².